The highest BCUT2D eigenvalue weighted by Crippen LogP contribution is 2.19. The lowest BCUT2D eigenvalue weighted by Crippen LogP contribution is -2.08. The Labute approximate surface area is 47.9 Å². The molecule has 0 aliphatic rings. The molecule has 0 radical (unpaired) electrons. The second-order valence-corrected chi connectivity index (χ2v) is 2.54. The van der Waals surface area contributed by atoms with E-state index in [1.54, 1.807) is 6.92 Å². The summed E-state index contributed by atoms with van der Waals surface area (Å²) in [6.45, 7) is 1.64. The van der Waals surface area contributed by atoms with Crippen LogP contribution in [0.4, 0.5) is 4.79 Å². The Hall–Kier alpha value is -0.630. The first-order valence-electron chi connectivity index (χ1n) is 2.09. The number of nitrogens with two attached hydrogens (primary N) is 1. The molecule has 0 aromatic rings. The molecule has 0 rings (SSSR count). The maximum atomic E-state index is 10.2. The van der Waals surface area contributed by atoms with E-state index in [2.05, 4.69) is 10.3 Å². The fourth-order valence-corrected chi connectivity index (χ4v) is 0.495. The van der Waals surface area contributed by atoms with Crippen molar-refractivity contribution in [1.82, 2.24) is 0 Å². The lowest BCUT2D eigenvalue weighted by atomic mass is 11.0. The van der Waals surface area contributed by atoms with E-state index in [-0.39, 0.29) is 0 Å². The molecule has 0 saturated heterocycles. The largest absolute Gasteiger partial charge is 0.560 e. The Morgan fingerprint density at radius 2 is 2.38 bits per heavy atom. The fraction of sp³-hybridized carbons (Fsp3) is 0.667. The van der Waals surface area contributed by atoms with Crippen LogP contribution in [0, 0.1) is 0 Å². The Bertz CT molecular complexity index is 113. The van der Waals surface area contributed by atoms with Gasteiger partial charge in [-0.05, 0) is 11.5 Å². The minimum Gasteiger partial charge on any atom is -0.331 e. The van der Waals surface area contributed by atoms with Crippen molar-refractivity contribution in [2.24, 2.45) is 5.73 Å². The Morgan fingerprint density at radius 1 is 1.88 bits per heavy atom. The summed E-state index contributed by atoms with van der Waals surface area (Å²) in [5.41, 5.74) is 4.52. The summed E-state index contributed by atoms with van der Waals surface area (Å²) in [7, 11) is -1.84. The molecular formula is C3H7NO3P+. The van der Waals surface area contributed by atoms with Crippen molar-refractivity contribution < 1.29 is 13.9 Å². The zero-order valence-electron chi connectivity index (χ0n) is 4.46. The number of carbonyl (C=O) groups is 1. The topological polar surface area (TPSA) is 69.4 Å². The Kier molecular flexibility index (Phi) is 3.12. The molecule has 46 valence electrons. The number of amides is 1. The van der Waals surface area contributed by atoms with Crippen molar-refractivity contribution in [2.75, 3.05) is 6.16 Å². The van der Waals surface area contributed by atoms with Crippen LogP contribution in [0.3, 0.4) is 0 Å². The molecule has 5 heteroatoms. The van der Waals surface area contributed by atoms with Gasteiger partial charge in [0.25, 0.3) is 0 Å². The standard InChI is InChI=1S/C3H6NO3P/c1-2-8(6)7-3(4)5/h2H2,1H3,(H-,4,5)/p+1. The zero-order valence-corrected chi connectivity index (χ0v) is 5.35. The summed E-state index contributed by atoms with van der Waals surface area (Å²) < 4.78 is 14.3. The molecule has 4 nitrogen and oxygen atoms in total. The lowest BCUT2D eigenvalue weighted by molar-refractivity contribution is 0.214. The van der Waals surface area contributed by atoms with Gasteiger partial charge in [-0.25, -0.2) is 4.79 Å². The van der Waals surface area contributed by atoms with E-state index in [9.17, 15) is 9.36 Å². The van der Waals surface area contributed by atoms with Gasteiger partial charge in [0.05, 0.1) is 0 Å². The van der Waals surface area contributed by atoms with Crippen molar-refractivity contribution in [1.29, 1.82) is 0 Å². The molecule has 0 aromatic heterocycles. The van der Waals surface area contributed by atoms with Gasteiger partial charge in [0.1, 0.15) is 0 Å². The van der Waals surface area contributed by atoms with Crippen molar-refractivity contribution in [3.8, 4) is 0 Å². The average Bonchev–Trinajstić information content (AvgIpc) is 1.65. The smallest absolute Gasteiger partial charge is 0.331 e. The molecule has 0 spiro atoms. The number of hydrogen-bond acceptors (Lipinski definition) is 3. The molecule has 0 saturated carbocycles. The molecule has 0 fully saturated rings. The van der Waals surface area contributed by atoms with Gasteiger partial charge in [-0.2, -0.15) is 4.52 Å². The van der Waals surface area contributed by atoms with Gasteiger partial charge < -0.3 is 5.73 Å². The van der Waals surface area contributed by atoms with Crippen LogP contribution in [-0.4, -0.2) is 12.3 Å². The summed E-state index contributed by atoms with van der Waals surface area (Å²) in [4.78, 5) is 9.78. The Morgan fingerprint density at radius 3 is 2.50 bits per heavy atom. The lowest BCUT2D eigenvalue weighted by Gasteiger charge is -1.77. The van der Waals surface area contributed by atoms with Crippen LogP contribution in [0.1, 0.15) is 6.92 Å². The van der Waals surface area contributed by atoms with E-state index in [4.69, 9.17) is 0 Å². The summed E-state index contributed by atoms with van der Waals surface area (Å²) in [6.07, 6.45) is -0.661. The van der Waals surface area contributed by atoms with Gasteiger partial charge in [0, 0.05) is 0 Å². The van der Waals surface area contributed by atoms with Gasteiger partial charge in [-0.1, -0.05) is 0 Å². The molecule has 0 aromatic carbocycles. The van der Waals surface area contributed by atoms with E-state index < -0.39 is 14.1 Å². The van der Waals surface area contributed by atoms with Crippen LogP contribution in [0.15, 0.2) is 0 Å². The first-order chi connectivity index (χ1) is 3.66. The van der Waals surface area contributed by atoms with E-state index >= 15 is 0 Å². The normalized spacial score (nSPS) is 10.4. The quantitative estimate of drug-likeness (QED) is 0.572. The van der Waals surface area contributed by atoms with Crippen LogP contribution in [0.25, 0.3) is 0 Å². The predicted octanol–water partition coefficient (Wildman–Crippen LogP) is 0.844. The second-order valence-electron chi connectivity index (χ2n) is 1.06. The summed E-state index contributed by atoms with van der Waals surface area (Å²) in [5.74, 6) is 0. The molecule has 0 aliphatic carbocycles. The van der Waals surface area contributed by atoms with Gasteiger partial charge in [0.15, 0.2) is 6.16 Å². The third-order valence-electron chi connectivity index (χ3n) is 0.450. The predicted molar refractivity (Wildman–Crippen MR) is 28.8 cm³/mol. The number of rotatable bonds is 2. The van der Waals surface area contributed by atoms with Gasteiger partial charge in [0.2, 0.25) is 0 Å². The van der Waals surface area contributed by atoms with Gasteiger partial charge in [-0.15, -0.1) is 0 Å². The van der Waals surface area contributed by atoms with Crippen molar-refractivity contribution in [2.45, 2.75) is 6.92 Å². The molecule has 0 heterocycles. The first kappa shape index (κ1) is 7.37. The minimum atomic E-state index is -1.84. The van der Waals surface area contributed by atoms with Gasteiger partial charge in [-0.3, -0.25) is 0 Å². The SMILES string of the molecule is CC[P+](=O)OC(N)=O. The van der Waals surface area contributed by atoms with Crippen molar-refractivity contribution >= 4 is 14.1 Å². The third-order valence-corrected chi connectivity index (χ3v) is 1.35. The number of carbonyl (C=O) groups excluding carboxylic acids is 1. The third kappa shape index (κ3) is 3.56. The zero-order chi connectivity index (χ0) is 6.57. The first-order valence-corrected chi connectivity index (χ1v) is 3.45. The van der Waals surface area contributed by atoms with Crippen LogP contribution >= 0.6 is 8.03 Å². The highest BCUT2D eigenvalue weighted by Gasteiger charge is 2.16. The maximum Gasteiger partial charge on any atom is 0.560 e. The highest BCUT2D eigenvalue weighted by atomic mass is 31.1. The Balaban J connectivity index is 3.40. The maximum absolute atomic E-state index is 10.2. The molecular weight excluding hydrogens is 129 g/mol. The van der Waals surface area contributed by atoms with Gasteiger partial charge >= 0.3 is 14.1 Å². The molecule has 1 atom stereocenters. The minimum absolute atomic E-state index is 0.318. The second kappa shape index (κ2) is 3.38. The van der Waals surface area contributed by atoms with E-state index in [1.165, 1.54) is 0 Å². The fourth-order valence-electron chi connectivity index (χ4n) is 0.165. The van der Waals surface area contributed by atoms with Crippen molar-refractivity contribution in [3.63, 3.8) is 0 Å². The summed E-state index contributed by atoms with van der Waals surface area (Å²) in [6, 6.07) is 0. The monoisotopic (exact) mass is 136 g/mol. The van der Waals surface area contributed by atoms with Crippen molar-refractivity contribution in [3.05, 3.63) is 0 Å². The van der Waals surface area contributed by atoms with E-state index in [1.807, 2.05) is 0 Å². The van der Waals surface area contributed by atoms with Crippen LogP contribution in [-0.2, 0) is 9.09 Å². The summed E-state index contributed by atoms with van der Waals surface area (Å²) >= 11 is 0. The van der Waals surface area contributed by atoms with E-state index in [0.29, 0.717) is 6.16 Å². The average molecular weight is 136 g/mol. The summed E-state index contributed by atoms with van der Waals surface area (Å²) in [5, 5.41) is 0. The van der Waals surface area contributed by atoms with Crippen LogP contribution in [0.2, 0.25) is 0 Å². The van der Waals surface area contributed by atoms with Crippen LogP contribution < -0.4 is 5.73 Å². The molecule has 2 N–H and O–H groups in total. The molecule has 1 unspecified atom stereocenters. The number of hydrogen-bond donors (Lipinski definition) is 1. The van der Waals surface area contributed by atoms with Crippen LogP contribution in [0.5, 0.6) is 0 Å². The molecule has 0 aliphatic heterocycles. The molecule has 1 amide bonds. The molecule has 8 heavy (non-hydrogen) atoms. The van der Waals surface area contributed by atoms with E-state index in [0.717, 1.165) is 0 Å². The molecule has 0 bridgehead atoms. The number of primary amides is 1. The highest BCUT2D eigenvalue weighted by molar-refractivity contribution is 7.39.